The number of aliphatic hydroxyl groups excluding tert-OH is 1. The van der Waals surface area contributed by atoms with Crippen molar-refractivity contribution in [1.82, 2.24) is 4.98 Å². The summed E-state index contributed by atoms with van der Waals surface area (Å²) in [6.07, 6.45) is 0.658. The average molecular weight is 286 g/mol. The number of pyridine rings is 1. The molecule has 0 radical (unpaired) electrons. The molecule has 5 heteroatoms. The minimum absolute atomic E-state index is 0.112. The Balaban J connectivity index is 2.18. The number of nitrogens with zero attached hydrogens (tertiary/aromatic N) is 1. The highest BCUT2D eigenvalue weighted by Crippen LogP contribution is 2.22. The molecule has 0 fully saturated rings. The summed E-state index contributed by atoms with van der Waals surface area (Å²) in [5.41, 5.74) is 0.797. The minimum Gasteiger partial charge on any atom is -0.386 e. The lowest BCUT2D eigenvalue weighted by molar-refractivity contribution is 0.172. The quantitative estimate of drug-likeness (QED) is 0.930. The highest BCUT2D eigenvalue weighted by atomic mass is 35.5. The molecule has 18 heavy (non-hydrogen) atoms. The van der Waals surface area contributed by atoms with E-state index in [-0.39, 0.29) is 6.42 Å². The first-order valence-electron chi connectivity index (χ1n) is 5.29. The van der Waals surface area contributed by atoms with Crippen molar-refractivity contribution in [3.8, 4) is 0 Å². The summed E-state index contributed by atoms with van der Waals surface area (Å²) in [6, 6.07) is 7.47. The first-order chi connectivity index (χ1) is 8.56. The van der Waals surface area contributed by atoms with Crippen molar-refractivity contribution in [3.63, 3.8) is 0 Å². The Morgan fingerprint density at radius 1 is 1.17 bits per heavy atom. The third kappa shape index (κ3) is 3.19. The van der Waals surface area contributed by atoms with Gasteiger partial charge in [0.15, 0.2) is 0 Å². The first-order valence-corrected chi connectivity index (χ1v) is 6.05. The Morgan fingerprint density at radius 3 is 2.56 bits per heavy atom. The van der Waals surface area contributed by atoms with E-state index >= 15 is 0 Å². The second-order valence-electron chi connectivity index (χ2n) is 3.86. The highest BCUT2D eigenvalue weighted by molar-refractivity contribution is 6.30. The molecule has 2 rings (SSSR count). The molecule has 0 bridgehead atoms. The molecule has 0 aliphatic heterocycles. The van der Waals surface area contributed by atoms with Gasteiger partial charge in [-0.05, 0) is 35.9 Å². The number of aliphatic hydroxyl groups is 1. The molecule has 1 N–H and O–H groups in total. The van der Waals surface area contributed by atoms with E-state index in [4.69, 9.17) is 23.2 Å². The summed E-state index contributed by atoms with van der Waals surface area (Å²) in [5, 5.41) is 10.9. The Morgan fingerprint density at radius 2 is 1.89 bits per heavy atom. The molecule has 0 spiro atoms. The predicted octanol–water partition coefficient (Wildman–Crippen LogP) is 3.80. The van der Waals surface area contributed by atoms with Gasteiger partial charge in [-0.2, -0.15) is 0 Å². The number of hydrogen-bond acceptors (Lipinski definition) is 2. The fourth-order valence-corrected chi connectivity index (χ4v) is 1.90. The largest absolute Gasteiger partial charge is 0.386 e. The molecule has 2 nitrogen and oxygen atoms in total. The van der Waals surface area contributed by atoms with Crippen molar-refractivity contribution >= 4 is 23.2 Å². The van der Waals surface area contributed by atoms with Gasteiger partial charge < -0.3 is 5.11 Å². The molecule has 0 saturated carbocycles. The Bertz CT molecular complexity index is 545. The van der Waals surface area contributed by atoms with Crippen molar-refractivity contribution in [2.24, 2.45) is 0 Å². The molecular formula is C13H10Cl2FNO. The van der Waals surface area contributed by atoms with E-state index < -0.39 is 11.9 Å². The smallest absolute Gasteiger partial charge is 0.126 e. The second-order valence-corrected chi connectivity index (χ2v) is 4.73. The van der Waals surface area contributed by atoms with Gasteiger partial charge in [0, 0.05) is 17.6 Å². The standard InChI is InChI=1S/C13H10Cl2FNO/c14-9-1-3-11(16)8(5-9)6-13(18)12-4-2-10(15)7-17-12/h1-5,7,13,18H,6H2. The maximum Gasteiger partial charge on any atom is 0.126 e. The number of hydrogen-bond donors (Lipinski definition) is 1. The topological polar surface area (TPSA) is 33.1 Å². The van der Waals surface area contributed by atoms with Crippen LogP contribution >= 0.6 is 23.2 Å². The van der Waals surface area contributed by atoms with Crippen LogP contribution in [0.5, 0.6) is 0 Å². The molecule has 0 amide bonds. The lowest BCUT2D eigenvalue weighted by atomic mass is 10.0. The summed E-state index contributed by atoms with van der Waals surface area (Å²) in [6.45, 7) is 0. The van der Waals surface area contributed by atoms with Crippen molar-refractivity contribution < 1.29 is 9.50 Å². The number of benzene rings is 1. The summed E-state index contributed by atoms with van der Waals surface area (Å²) in [5.74, 6) is -0.396. The van der Waals surface area contributed by atoms with Crippen LogP contribution in [0.25, 0.3) is 0 Å². The Kier molecular flexibility index (Phi) is 4.17. The number of aromatic nitrogens is 1. The molecule has 1 unspecified atom stereocenters. The summed E-state index contributed by atoms with van der Waals surface area (Å²) >= 11 is 11.5. The van der Waals surface area contributed by atoms with E-state index in [1.165, 1.54) is 24.4 Å². The summed E-state index contributed by atoms with van der Waals surface area (Å²) in [4.78, 5) is 3.99. The number of halogens is 3. The van der Waals surface area contributed by atoms with Crippen molar-refractivity contribution in [1.29, 1.82) is 0 Å². The molecule has 0 saturated heterocycles. The van der Waals surface area contributed by atoms with E-state index in [0.29, 0.717) is 21.3 Å². The first kappa shape index (κ1) is 13.3. The van der Waals surface area contributed by atoms with Gasteiger partial charge in [0.2, 0.25) is 0 Å². The van der Waals surface area contributed by atoms with Gasteiger partial charge >= 0.3 is 0 Å². The van der Waals surface area contributed by atoms with E-state index in [1.54, 1.807) is 12.1 Å². The molecule has 1 aromatic carbocycles. The lowest BCUT2D eigenvalue weighted by Gasteiger charge is -2.11. The van der Waals surface area contributed by atoms with Gasteiger partial charge in [0.1, 0.15) is 11.9 Å². The maximum atomic E-state index is 13.5. The van der Waals surface area contributed by atoms with Crippen molar-refractivity contribution in [2.45, 2.75) is 12.5 Å². The van der Waals surface area contributed by atoms with Gasteiger partial charge in [-0.15, -0.1) is 0 Å². The van der Waals surface area contributed by atoms with Crippen molar-refractivity contribution in [2.75, 3.05) is 0 Å². The van der Waals surface area contributed by atoms with E-state index in [9.17, 15) is 9.50 Å². The van der Waals surface area contributed by atoms with Crippen LogP contribution in [0.3, 0.4) is 0 Å². The average Bonchev–Trinajstić information content (AvgIpc) is 2.34. The molecule has 0 aliphatic rings. The maximum absolute atomic E-state index is 13.5. The van der Waals surface area contributed by atoms with Gasteiger partial charge in [-0.1, -0.05) is 23.2 Å². The zero-order chi connectivity index (χ0) is 13.1. The summed E-state index contributed by atoms with van der Waals surface area (Å²) < 4.78 is 13.5. The third-order valence-corrected chi connectivity index (χ3v) is 2.97. The normalized spacial score (nSPS) is 12.4. The fraction of sp³-hybridized carbons (Fsp3) is 0.154. The Labute approximate surface area is 114 Å². The minimum atomic E-state index is -0.893. The van der Waals surface area contributed by atoms with Crippen LogP contribution in [-0.2, 0) is 6.42 Å². The highest BCUT2D eigenvalue weighted by Gasteiger charge is 2.13. The zero-order valence-electron chi connectivity index (χ0n) is 9.28. The SMILES string of the molecule is OC(Cc1cc(Cl)ccc1F)c1ccc(Cl)cn1. The fourth-order valence-electron chi connectivity index (χ4n) is 1.60. The molecule has 94 valence electrons. The molecule has 0 aliphatic carbocycles. The second kappa shape index (κ2) is 5.65. The Hall–Kier alpha value is -1.16. The van der Waals surface area contributed by atoms with E-state index in [0.717, 1.165) is 0 Å². The van der Waals surface area contributed by atoms with Crippen LogP contribution < -0.4 is 0 Å². The van der Waals surface area contributed by atoms with Crippen LogP contribution in [0.2, 0.25) is 10.0 Å². The summed E-state index contributed by atoms with van der Waals surface area (Å²) in [7, 11) is 0. The molecule has 1 aromatic heterocycles. The van der Waals surface area contributed by atoms with E-state index in [1.807, 2.05) is 0 Å². The van der Waals surface area contributed by atoms with Crippen molar-refractivity contribution in [3.05, 3.63) is 63.6 Å². The molecule has 1 atom stereocenters. The van der Waals surface area contributed by atoms with Crippen LogP contribution in [-0.4, -0.2) is 10.1 Å². The van der Waals surface area contributed by atoms with Crippen LogP contribution in [0, 0.1) is 5.82 Å². The predicted molar refractivity (Wildman–Crippen MR) is 69.3 cm³/mol. The third-order valence-electron chi connectivity index (χ3n) is 2.51. The zero-order valence-corrected chi connectivity index (χ0v) is 10.8. The van der Waals surface area contributed by atoms with Crippen LogP contribution in [0.4, 0.5) is 4.39 Å². The number of rotatable bonds is 3. The van der Waals surface area contributed by atoms with Gasteiger partial charge in [-0.25, -0.2) is 4.39 Å². The molecule has 2 aromatic rings. The van der Waals surface area contributed by atoms with Gasteiger partial charge in [0.05, 0.1) is 10.7 Å². The van der Waals surface area contributed by atoms with Crippen LogP contribution in [0.15, 0.2) is 36.5 Å². The molecular weight excluding hydrogens is 276 g/mol. The molecule has 1 heterocycles. The van der Waals surface area contributed by atoms with Gasteiger partial charge in [-0.3, -0.25) is 4.98 Å². The lowest BCUT2D eigenvalue weighted by Crippen LogP contribution is -2.05. The monoisotopic (exact) mass is 285 g/mol. The van der Waals surface area contributed by atoms with Crippen LogP contribution in [0.1, 0.15) is 17.4 Å². The van der Waals surface area contributed by atoms with Gasteiger partial charge in [0.25, 0.3) is 0 Å². The van der Waals surface area contributed by atoms with E-state index in [2.05, 4.69) is 4.98 Å².